The smallest absolute Gasteiger partial charge is 0.323 e. The fourth-order valence-corrected chi connectivity index (χ4v) is 5.97. The van der Waals surface area contributed by atoms with E-state index in [-0.39, 0.29) is 12.2 Å². The van der Waals surface area contributed by atoms with Gasteiger partial charge in [-0.2, -0.15) is 0 Å². The molecule has 2 aliphatic carbocycles. The molecule has 1 fully saturated rings. The van der Waals surface area contributed by atoms with Gasteiger partial charge in [0, 0.05) is 5.56 Å². The van der Waals surface area contributed by atoms with E-state index in [1.54, 1.807) is 30.2 Å². The molecule has 0 amide bonds. The summed E-state index contributed by atoms with van der Waals surface area (Å²) in [5.74, 6) is -0.624. The molecule has 1 aliphatic heterocycles. The number of carbonyl (C=O) groups excluding carboxylic acids is 3. The van der Waals surface area contributed by atoms with Crippen LogP contribution >= 0.6 is 0 Å². The maximum absolute atomic E-state index is 14.4. The van der Waals surface area contributed by atoms with Crippen LogP contribution in [0.4, 0.5) is 0 Å². The highest BCUT2D eigenvalue weighted by Crippen LogP contribution is 2.60. The summed E-state index contributed by atoms with van der Waals surface area (Å²) >= 11 is 0. The average Bonchev–Trinajstić information content (AvgIpc) is 3.02. The predicted molar refractivity (Wildman–Crippen MR) is 115 cm³/mol. The lowest BCUT2D eigenvalue weighted by Crippen LogP contribution is -2.64. The molecule has 3 aliphatic rings. The Hall–Kier alpha value is -2.71. The van der Waals surface area contributed by atoms with Gasteiger partial charge in [-0.3, -0.25) is 19.3 Å². The van der Waals surface area contributed by atoms with Crippen LogP contribution in [0.25, 0.3) is 0 Å². The van der Waals surface area contributed by atoms with Gasteiger partial charge in [-0.15, -0.1) is 0 Å². The lowest BCUT2D eigenvalue weighted by Gasteiger charge is -2.48. The van der Waals surface area contributed by atoms with Crippen molar-refractivity contribution in [3.8, 4) is 11.5 Å². The van der Waals surface area contributed by atoms with Crippen molar-refractivity contribution in [1.29, 1.82) is 0 Å². The first-order valence-corrected chi connectivity index (χ1v) is 10.8. The third-order valence-electron chi connectivity index (χ3n) is 7.48. The third kappa shape index (κ3) is 2.48. The van der Waals surface area contributed by atoms with Crippen LogP contribution in [0, 0.1) is 5.41 Å². The molecule has 4 unspecified atom stereocenters. The Bertz CT molecular complexity index is 1030. The highest BCUT2D eigenvalue weighted by atomic mass is 16.5. The average molecular weight is 443 g/mol. The van der Waals surface area contributed by atoms with E-state index in [9.17, 15) is 19.5 Å². The molecule has 4 atom stereocenters. The van der Waals surface area contributed by atoms with Crippen molar-refractivity contribution in [2.45, 2.75) is 50.3 Å². The number of fused-ring (bicyclic) bond motifs is 3. The molecule has 0 aromatic heterocycles. The number of ketones is 2. The second kappa shape index (κ2) is 7.71. The molecule has 1 aromatic carbocycles. The van der Waals surface area contributed by atoms with Gasteiger partial charge < -0.3 is 19.3 Å². The van der Waals surface area contributed by atoms with Crippen LogP contribution in [0.5, 0.6) is 11.5 Å². The van der Waals surface area contributed by atoms with Gasteiger partial charge >= 0.3 is 5.97 Å². The van der Waals surface area contributed by atoms with E-state index in [1.807, 2.05) is 6.92 Å². The number of nitrogens with zero attached hydrogens (tertiary/aromatic N) is 1. The second-order valence-corrected chi connectivity index (χ2v) is 8.60. The number of ether oxygens (including phenoxy) is 3. The second-order valence-electron chi connectivity index (χ2n) is 8.60. The number of Topliss-reactive ketones (excluding diaryl/α,β-unsaturated/α-hetero) is 2. The molecular weight excluding hydrogens is 414 g/mol. The van der Waals surface area contributed by atoms with Crippen molar-refractivity contribution < 1.29 is 33.7 Å². The van der Waals surface area contributed by atoms with Crippen molar-refractivity contribution in [3.05, 3.63) is 34.9 Å². The summed E-state index contributed by atoms with van der Waals surface area (Å²) in [7, 11) is 5.84. The number of allylic oxidation sites excluding steroid dienone is 1. The number of esters is 1. The van der Waals surface area contributed by atoms with Crippen LogP contribution in [0.15, 0.2) is 23.8 Å². The van der Waals surface area contributed by atoms with Crippen molar-refractivity contribution in [2.75, 3.05) is 28.4 Å². The van der Waals surface area contributed by atoms with Gasteiger partial charge in [-0.25, -0.2) is 0 Å². The normalized spacial score (nSPS) is 31.8. The standard InChI is InChI=1S/C24H29NO7/c1-6-16-19(26)13-11-17(30-3)18(31-4)12-15(13)24(25(16)2)20(27)14-9-7-8-10-23(14,21(24)28)22(29)32-5/h9,11-12,16,20,27H,6-8,10H2,1-5H3. The summed E-state index contributed by atoms with van der Waals surface area (Å²) in [6.07, 6.45) is 2.40. The minimum absolute atomic E-state index is 0.174. The number of aliphatic hydroxyl groups is 1. The van der Waals surface area contributed by atoms with Crippen LogP contribution in [-0.4, -0.2) is 68.1 Å². The Balaban J connectivity index is 2.10. The van der Waals surface area contributed by atoms with Crippen molar-refractivity contribution in [2.24, 2.45) is 5.41 Å². The number of likely N-dealkylation sites (N-methyl/N-ethyl adjacent to an activating group) is 1. The van der Waals surface area contributed by atoms with Crippen molar-refractivity contribution in [1.82, 2.24) is 4.90 Å². The van der Waals surface area contributed by atoms with Gasteiger partial charge in [0.05, 0.1) is 27.4 Å². The number of aliphatic hydroxyl groups excluding tert-OH is 1. The summed E-state index contributed by atoms with van der Waals surface area (Å²) in [5, 5.41) is 11.8. The zero-order chi connectivity index (χ0) is 23.4. The van der Waals surface area contributed by atoms with Crippen LogP contribution in [-0.2, 0) is 19.9 Å². The number of hydrogen-bond acceptors (Lipinski definition) is 8. The molecule has 0 bridgehead atoms. The lowest BCUT2D eigenvalue weighted by molar-refractivity contribution is -0.158. The van der Waals surface area contributed by atoms with E-state index in [0.29, 0.717) is 47.5 Å². The van der Waals surface area contributed by atoms with Crippen LogP contribution in [0.2, 0.25) is 0 Å². The Morgan fingerprint density at radius 1 is 1.19 bits per heavy atom. The Labute approximate surface area is 187 Å². The van der Waals surface area contributed by atoms with E-state index in [2.05, 4.69) is 0 Å². The summed E-state index contributed by atoms with van der Waals surface area (Å²) in [6, 6.07) is 2.49. The molecule has 172 valence electrons. The van der Waals surface area contributed by atoms with Gasteiger partial charge in [-0.1, -0.05) is 13.0 Å². The number of methoxy groups -OCH3 is 3. The van der Waals surface area contributed by atoms with Gasteiger partial charge in [-0.05, 0) is 56.0 Å². The zero-order valence-corrected chi connectivity index (χ0v) is 19.1. The number of hydrogen-bond donors (Lipinski definition) is 1. The summed E-state index contributed by atoms with van der Waals surface area (Å²) in [5.41, 5.74) is -2.24. The molecule has 32 heavy (non-hydrogen) atoms. The van der Waals surface area contributed by atoms with Crippen molar-refractivity contribution in [3.63, 3.8) is 0 Å². The van der Waals surface area contributed by atoms with Gasteiger partial charge in [0.2, 0.25) is 0 Å². The fraction of sp³-hybridized carbons (Fsp3) is 0.542. The molecule has 1 spiro atoms. The fourth-order valence-electron chi connectivity index (χ4n) is 5.97. The highest BCUT2D eigenvalue weighted by molar-refractivity contribution is 6.18. The van der Waals surface area contributed by atoms with Crippen molar-refractivity contribution >= 4 is 17.5 Å². The molecule has 8 nitrogen and oxygen atoms in total. The van der Waals surface area contributed by atoms with Crippen LogP contribution < -0.4 is 9.47 Å². The molecule has 1 N–H and O–H groups in total. The minimum atomic E-state index is -1.63. The van der Waals surface area contributed by atoms with Gasteiger partial charge in [0.1, 0.15) is 11.6 Å². The van der Waals surface area contributed by atoms with Crippen LogP contribution in [0.3, 0.4) is 0 Å². The molecule has 0 radical (unpaired) electrons. The van der Waals surface area contributed by atoms with E-state index < -0.39 is 34.9 Å². The summed E-state index contributed by atoms with van der Waals surface area (Å²) in [4.78, 5) is 42.6. The SMILES string of the molecule is CCC1C(=O)c2cc(OC)c(OC)cc2C2(C(=O)C3(C(=O)OC)CCCC=C3C2O)N1C. The van der Waals surface area contributed by atoms with Gasteiger partial charge in [0.25, 0.3) is 0 Å². The Morgan fingerprint density at radius 2 is 1.84 bits per heavy atom. The Kier molecular flexibility index (Phi) is 5.41. The van der Waals surface area contributed by atoms with E-state index in [0.717, 1.165) is 0 Å². The summed E-state index contributed by atoms with van der Waals surface area (Å²) < 4.78 is 15.9. The first-order valence-electron chi connectivity index (χ1n) is 10.8. The predicted octanol–water partition coefficient (Wildman–Crippen LogP) is 2.02. The summed E-state index contributed by atoms with van der Waals surface area (Å²) in [6.45, 7) is 1.85. The van der Waals surface area contributed by atoms with E-state index >= 15 is 0 Å². The van der Waals surface area contributed by atoms with Gasteiger partial charge in [0.15, 0.2) is 28.5 Å². The maximum atomic E-state index is 14.4. The number of carbonyl (C=O) groups is 3. The molecular formula is C24H29NO7. The lowest BCUT2D eigenvalue weighted by atomic mass is 9.69. The third-order valence-corrected chi connectivity index (χ3v) is 7.48. The number of rotatable bonds is 4. The quantitative estimate of drug-likeness (QED) is 0.428. The zero-order valence-electron chi connectivity index (χ0n) is 19.1. The Morgan fingerprint density at radius 3 is 2.44 bits per heavy atom. The highest BCUT2D eigenvalue weighted by Gasteiger charge is 2.73. The molecule has 0 saturated heterocycles. The van der Waals surface area contributed by atoms with E-state index in [1.165, 1.54) is 21.3 Å². The van der Waals surface area contributed by atoms with Crippen LogP contribution in [0.1, 0.15) is 48.5 Å². The molecule has 1 saturated carbocycles. The topological polar surface area (TPSA) is 102 Å². The number of benzene rings is 1. The van der Waals surface area contributed by atoms with E-state index in [4.69, 9.17) is 14.2 Å². The first-order chi connectivity index (χ1) is 15.3. The first kappa shape index (κ1) is 22.5. The molecule has 1 aromatic rings. The largest absolute Gasteiger partial charge is 0.493 e. The maximum Gasteiger partial charge on any atom is 0.323 e. The molecule has 1 heterocycles. The minimum Gasteiger partial charge on any atom is -0.493 e. The monoisotopic (exact) mass is 443 g/mol. The molecule has 8 heteroatoms. The molecule has 4 rings (SSSR count).